The van der Waals surface area contributed by atoms with Crippen molar-refractivity contribution >= 4 is 29.1 Å². The average Bonchev–Trinajstić information content (AvgIpc) is 2.32. The first-order chi connectivity index (χ1) is 8.86. The van der Waals surface area contributed by atoms with Crippen molar-refractivity contribution in [1.82, 2.24) is 10.2 Å². The maximum Gasteiger partial charge on any atom is 0.262 e. The van der Waals surface area contributed by atoms with Crippen molar-refractivity contribution in [2.24, 2.45) is 0 Å². The third kappa shape index (κ3) is 4.27. The Hall–Kier alpha value is -0.970. The smallest absolute Gasteiger partial charge is 0.262 e. The van der Waals surface area contributed by atoms with Crippen LogP contribution in [0.4, 0.5) is 0 Å². The lowest BCUT2D eigenvalue weighted by molar-refractivity contribution is -0.135. The Bertz CT molecular complexity index is 464. The molecule has 1 amide bonds. The van der Waals surface area contributed by atoms with Crippen LogP contribution < -0.4 is 10.1 Å². The largest absolute Gasteiger partial charge is 0.479 e. The van der Waals surface area contributed by atoms with Gasteiger partial charge in [0.15, 0.2) is 6.10 Å². The van der Waals surface area contributed by atoms with E-state index in [1.165, 1.54) is 4.90 Å². The summed E-state index contributed by atoms with van der Waals surface area (Å²) in [6, 6.07) is 3.37. The molecule has 0 heterocycles. The van der Waals surface area contributed by atoms with E-state index in [0.717, 1.165) is 5.56 Å². The number of nitrogens with zero attached hydrogens (tertiary/aromatic N) is 1. The van der Waals surface area contributed by atoms with E-state index in [0.29, 0.717) is 22.3 Å². The van der Waals surface area contributed by atoms with Gasteiger partial charge in [-0.25, -0.2) is 0 Å². The molecule has 0 radical (unpaired) electrons. The lowest BCUT2D eigenvalue weighted by atomic mass is 10.2. The van der Waals surface area contributed by atoms with Gasteiger partial charge in [-0.1, -0.05) is 23.2 Å². The predicted octanol–water partition coefficient (Wildman–Crippen LogP) is 2.57. The Morgan fingerprint density at radius 1 is 1.42 bits per heavy atom. The van der Waals surface area contributed by atoms with Crippen LogP contribution in [0.15, 0.2) is 12.1 Å². The van der Waals surface area contributed by atoms with Crippen LogP contribution in [0.2, 0.25) is 10.0 Å². The lowest BCUT2D eigenvalue weighted by Gasteiger charge is -2.21. The number of amides is 1. The number of carbonyl (C=O) groups excluding carboxylic acids is 1. The summed E-state index contributed by atoms with van der Waals surface area (Å²) in [5.74, 6) is 0.365. The van der Waals surface area contributed by atoms with E-state index in [1.54, 1.807) is 33.2 Å². The summed E-state index contributed by atoms with van der Waals surface area (Å²) in [6.45, 7) is 2.24. The molecule has 6 heteroatoms. The van der Waals surface area contributed by atoms with Gasteiger partial charge in [0.05, 0.1) is 5.02 Å². The second-order valence-electron chi connectivity index (χ2n) is 4.40. The maximum atomic E-state index is 11.8. The number of carbonyl (C=O) groups is 1. The molecule has 0 aliphatic carbocycles. The molecular weight excluding hydrogens is 287 g/mol. The highest BCUT2D eigenvalue weighted by Crippen LogP contribution is 2.33. The van der Waals surface area contributed by atoms with Gasteiger partial charge in [-0.15, -0.1) is 0 Å². The highest BCUT2D eigenvalue weighted by molar-refractivity contribution is 6.35. The third-order valence-electron chi connectivity index (χ3n) is 2.54. The topological polar surface area (TPSA) is 41.6 Å². The first-order valence-electron chi connectivity index (χ1n) is 5.87. The van der Waals surface area contributed by atoms with Crippen LogP contribution in [-0.2, 0) is 11.3 Å². The first kappa shape index (κ1) is 16.1. The number of hydrogen-bond donors (Lipinski definition) is 1. The Morgan fingerprint density at radius 2 is 2.05 bits per heavy atom. The van der Waals surface area contributed by atoms with E-state index < -0.39 is 6.10 Å². The summed E-state index contributed by atoms with van der Waals surface area (Å²) in [5, 5.41) is 3.95. The Labute approximate surface area is 123 Å². The fraction of sp³-hybridized carbons (Fsp3) is 0.462. The third-order valence-corrected chi connectivity index (χ3v) is 3.03. The molecule has 0 aromatic heterocycles. The van der Waals surface area contributed by atoms with Crippen LogP contribution >= 0.6 is 23.2 Å². The highest BCUT2D eigenvalue weighted by Gasteiger charge is 2.20. The van der Waals surface area contributed by atoms with Gasteiger partial charge in [-0.3, -0.25) is 4.79 Å². The van der Waals surface area contributed by atoms with Gasteiger partial charge >= 0.3 is 0 Å². The SMILES string of the molecule is CNCc1cc(Cl)cc(Cl)c1OC(C)C(=O)N(C)C. The number of likely N-dealkylation sites (N-methyl/N-ethyl adjacent to an activating group) is 1. The van der Waals surface area contributed by atoms with E-state index in [9.17, 15) is 4.79 Å². The Morgan fingerprint density at radius 3 is 2.58 bits per heavy atom. The van der Waals surface area contributed by atoms with Crippen molar-refractivity contribution in [3.8, 4) is 5.75 Å². The lowest BCUT2D eigenvalue weighted by Crippen LogP contribution is -2.35. The molecule has 19 heavy (non-hydrogen) atoms. The fourth-order valence-corrected chi connectivity index (χ4v) is 2.24. The van der Waals surface area contributed by atoms with Gasteiger partial charge in [0.25, 0.3) is 5.91 Å². The van der Waals surface area contributed by atoms with Gasteiger partial charge in [0, 0.05) is 31.2 Å². The number of halogens is 2. The van der Waals surface area contributed by atoms with E-state index in [-0.39, 0.29) is 5.91 Å². The standard InChI is InChI=1S/C13H18Cl2N2O2/c1-8(13(18)17(3)4)19-12-9(7-16-2)5-10(14)6-11(12)15/h5-6,8,16H,7H2,1-4H3. The van der Waals surface area contributed by atoms with Gasteiger partial charge in [0.1, 0.15) is 5.75 Å². The monoisotopic (exact) mass is 304 g/mol. The minimum absolute atomic E-state index is 0.124. The van der Waals surface area contributed by atoms with Crippen LogP contribution in [0.5, 0.6) is 5.75 Å². The zero-order valence-electron chi connectivity index (χ0n) is 11.5. The van der Waals surface area contributed by atoms with E-state index >= 15 is 0 Å². The van der Waals surface area contributed by atoms with Gasteiger partial charge < -0.3 is 15.0 Å². The van der Waals surface area contributed by atoms with Crippen molar-refractivity contribution in [3.05, 3.63) is 27.7 Å². The van der Waals surface area contributed by atoms with E-state index in [1.807, 2.05) is 7.05 Å². The normalized spacial score (nSPS) is 12.1. The summed E-state index contributed by atoms with van der Waals surface area (Å²) < 4.78 is 5.69. The maximum absolute atomic E-state index is 11.8. The zero-order chi connectivity index (χ0) is 14.6. The molecule has 0 bridgehead atoms. The number of rotatable bonds is 5. The molecule has 0 spiro atoms. The summed E-state index contributed by atoms with van der Waals surface area (Å²) in [6.07, 6.45) is -0.607. The highest BCUT2D eigenvalue weighted by atomic mass is 35.5. The van der Waals surface area contributed by atoms with Crippen molar-refractivity contribution < 1.29 is 9.53 Å². The summed E-state index contributed by atoms with van der Waals surface area (Å²) in [7, 11) is 5.17. The summed E-state index contributed by atoms with van der Waals surface area (Å²) >= 11 is 12.1. The average molecular weight is 305 g/mol. The van der Waals surface area contributed by atoms with Crippen molar-refractivity contribution in [2.75, 3.05) is 21.1 Å². The molecule has 1 rings (SSSR count). The van der Waals surface area contributed by atoms with Crippen LogP contribution in [0, 0.1) is 0 Å². The number of ether oxygens (including phenoxy) is 1. The fourth-order valence-electron chi connectivity index (χ4n) is 1.66. The number of hydrogen-bond acceptors (Lipinski definition) is 3. The minimum atomic E-state index is -0.607. The molecule has 1 atom stereocenters. The van der Waals surface area contributed by atoms with E-state index in [2.05, 4.69) is 5.32 Å². The Balaban J connectivity index is 3.02. The zero-order valence-corrected chi connectivity index (χ0v) is 13.0. The van der Waals surface area contributed by atoms with Gasteiger partial charge in [-0.05, 0) is 26.1 Å². The second kappa shape index (κ2) is 6.98. The molecule has 0 saturated heterocycles. The minimum Gasteiger partial charge on any atom is -0.479 e. The summed E-state index contributed by atoms with van der Waals surface area (Å²) in [4.78, 5) is 13.3. The van der Waals surface area contributed by atoms with Gasteiger partial charge in [-0.2, -0.15) is 0 Å². The quantitative estimate of drug-likeness (QED) is 0.909. The number of nitrogens with one attached hydrogen (secondary N) is 1. The number of benzene rings is 1. The molecule has 0 saturated carbocycles. The molecule has 106 valence electrons. The van der Waals surface area contributed by atoms with Crippen LogP contribution in [-0.4, -0.2) is 38.1 Å². The van der Waals surface area contributed by atoms with Crippen LogP contribution in [0.3, 0.4) is 0 Å². The second-order valence-corrected chi connectivity index (χ2v) is 5.24. The van der Waals surface area contributed by atoms with Gasteiger partial charge in [0.2, 0.25) is 0 Å². The molecule has 4 nitrogen and oxygen atoms in total. The van der Waals surface area contributed by atoms with Crippen molar-refractivity contribution in [2.45, 2.75) is 19.6 Å². The molecule has 1 N–H and O–H groups in total. The summed E-state index contributed by atoms with van der Waals surface area (Å²) in [5.41, 5.74) is 0.818. The molecule has 1 unspecified atom stereocenters. The molecule has 0 fully saturated rings. The molecular formula is C13H18Cl2N2O2. The van der Waals surface area contributed by atoms with Crippen molar-refractivity contribution in [1.29, 1.82) is 0 Å². The molecule has 0 aliphatic rings. The van der Waals surface area contributed by atoms with Crippen molar-refractivity contribution in [3.63, 3.8) is 0 Å². The molecule has 1 aromatic carbocycles. The van der Waals surface area contributed by atoms with E-state index in [4.69, 9.17) is 27.9 Å². The molecule has 1 aromatic rings. The molecule has 0 aliphatic heterocycles. The predicted molar refractivity (Wildman–Crippen MR) is 78.0 cm³/mol. The first-order valence-corrected chi connectivity index (χ1v) is 6.62. The van der Waals surface area contributed by atoms with Crippen LogP contribution in [0.1, 0.15) is 12.5 Å². The van der Waals surface area contributed by atoms with Crippen LogP contribution in [0.25, 0.3) is 0 Å². The Kier molecular flexibility index (Phi) is 5.91.